The summed E-state index contributed by atoms with van der Waals surface area (Å²) in [4.78, 5) is 0. The maximum Gasteiger partial charge on any atom is 3.00 e. The Balaban J connectivity index is -0.00000000655. The largest absolute Gasteiger partial charge is 3.00 e. The molecule has 25 heavy (non-hydrogen) atoms. The molecule has 0 saturated heterocycles. The van der Waals surface area contributed by atoms with E-state index in [0.717, 1.165) is 0 Å². The molecule has 0 atom stereocenters. The first-order valence-electron chi connectivity index (χ1n) is 2.00. The standard InChI is InChI=1S/3H2O4S.8H2O.2Tm/c3*1-5(2,3)4;;;;;;;;;;/h3*(H2,1,2,3,4);8*1H2;;/q;;;;;;;;;;;2*+3/p-6. The predicted octanol–water partition coefficient (Wildman–Crippen LogP) is -10.6. The van der Waals surface area contributed by atoms with Gasteiger partial charge in [-0.25, -0.2) is 0 Å². The fourth-order valence-electron chi connectivity index (χ4n) is 0. The van der Waals surface area contributed by atoms with E-state index < -0.39 is 31.2 Å². The van der Waals surface area contributed by atoms with Crippen LogP contribution in [-0.2, 0) is 31.2 Å². The molecule has 0 spiro atoms. The van der Waals surface area contributed by atoms with Crippen LogP contribution in [0.3, 0.4) is 0 Å². The molecule has 0 rings (SSSR count). The minimum atomic E-state index is -5.17. The molecule has 0 aliphatic rings. The van der Waals surface area contributed by atoms with Crippen molar-refractivity contribution in [3.63, 3.8) is 0 Å². The van der Waals surface area contributed by atoms with E-state index in [1.807, 2.05) is 0 Å². The van der Waals surface area contributed by atoms with Gasteiger partial charge in [-0.1, -0.05) is 0 Å². The van der Waals surface area contributed by atoms with Crippen molar-refractivity contribution in [2.45, 2.75) is 0 Å². The molecule has 20 nitrogen and oxygen atoms in total. The van der Waals surface area contributed by atoms with Crippen LogP contribution in [-0.4, -0.2) is 96.4 Å². The van der Waals surface area contributed by atoms with E-state index in [1.54, 1.807) is 0 Å². The third-order valence-corrected chi connectivity index (χ3v) is 0. The summed E-state index contributed by atoms with van der Waals surface area (Å²) in [7, 11) is -15.5. The van der Waals surface area contributed by atoms with Gasteiger partial charge in [-0.15, -0.1) is 0 Å². The molecule has 0 aromatic heterocycles. The molecule has 0 aliphatic carbocycles. The number of hydrogen-bond donors (Lipinski definition) is 0. The van der Waals surface area contributed by atoms with E-state index in [0.29, 0.717) is 0 Å². The molecule has 0 heterocycles. The van der Waals surface area contributed by atoms with Crippen LogP contribution < -0.4 is 0 Å². The van der Waals surface area contributed by atoms with E-state index in [-0.39, 0.29) is 118 Å². The molecule has 25 heteroatoms. The molecule has 0 unspecified atom stereocenters. The van der Waals surface area contributed by atoms with Gasteiger partial charge in [0.2, 0.25) is 0 Å². The Kier molecular flexibility index (Phi) is 152. The normalized spacial score (nSPS) is 6.96. The third kappa shape index (κ3) is 4710. The van der Waals surface area contributed by atoms with Crippen LogP contribution in [0.25, 0.3) is 0 Å². The topological polar surface area (TPSA) is 493 Å². The zero-order chi connectivity index (χ0) is 13.5. The van der Waals surface area contributed by atoms with Gasteiger partial charge in [0.25, 0.3) is 0 Å². The molecule has 0 radical (unpaired) electrons. The molecule has 180 valence electrons. The first-order chi connectivity index (χ1) is 6.00. The van der Waals surface area contributed by atoms with Crippen molar-refractivity contribution in [3.05, 3.63) is 0 Å². The molecule has 0 bridgehead atoms. The molecule has 0 saturated carbocycles. The fraction of sp³-hybridized carbons (Fsp3) is 0. The third-order valence-electron chi connectivity index (χ3n) is 0. The summed E-state index contributed by atoms with van der Waals surface area (Å²) in [5, 5.41) is 0. The maximum atomic E-state index is 8.52. The van der Waals surface area contributed by atoms with Crippen molar-refractivity contribution in [3.8, 4) is 0 Å². The van der Waals surface area contributed by atoms with Crippen LogP contribution in [0.4, 0.5) is 0 Å². The summed E-state index contributed by atoms with van der Waals surface area (Å²) < 4.78 is 102. The zero-order valence-electron chi connectivity index (χ0n) is 10.7. The van der Waals surface area contributed by atoms with Crippen molar-refractivity contribution < 1.29 is 170 Å². The second-order valence-electron chi connectivity index (χ2n) is 1.22. The van der Waals surface area contributed by atoms with E-state index in [9.17, 15) is 0 Å². The van der Waals surface area contributed by atoms with Crippen LogP contribution in [0.5, 0.6) is 0 Å². The van der Waals surface area contributed by atoms with Crippen molar-refractivity contribution in [1.29, 1.82) is 0 Å². The summed E-state index contributed by atoms with van der Waals surface area (Å²) in [5.74, 6) is 0. The minimum absolute atomic E-state index is 0. The Labute approximate surface area is 199 Å². The van der Waals surface area contributed by atoms with Crippen molar-refractivity contribution in [2.24, 2.45) is 0 Å². The Morgan fingerprint density at radius 2 is 0.320 bits per heavy atom. The van der Waals surface area contributed by atoms with Gasteiger partial charge < -0.3 is 71.1 Å². The smallest absolute Gasteiger partial charge is 0.759 e. The van der Waals surface area contributed by atoms with Gasteiger partial charge in [-0.2, -0.15) is 0 Å². The molecule has 0 aliphatic heterocycles. The fourth-order valence-corrected chi connectivity index (χ4v) is 0. The zero-order valence-corrected chi connectivity index (χ0v) is 16.7. The predicted molar refractivity (Wildman–Crippen MR) is 60.3 cm³/mol. The summed E-state index contributed by atoms with van der Waals surface area (Å²) in [6, 6.07) is 0. The van der Waals surface area contributed by atoms with Gasteiger partial charge in [0, 0.05) is 31.2 Å². The van der Waals surface area contributed by atoms with E-state index in [2.05, 4.69) is 0 Å². The second kappa shape index (κ2) is 40.4. The molecular weight excluding hydrogens is 754 g/mol. The summed E-state index contributed by atoms with van der Waals surface area (Å²) >= 11 is 0. The van der Waals surface area contributed by atoms with Crippen LogP contribution in [0, 0.1) is 73.7 Å². The summed E-state index contributed by atoms with van der Waals surface area (Å²) in [5.41, 5.74) is 0. The van der Waals surface area contributed by atoms with Crippen molar-refractivity contribution in [2.75, 3.05) is 0 Å². The summed E-state index contributed by atoms with van der Waals surface area (Å²) in [6.45, 7) is 0. The molecular formula is H16O20S3Tm2. The Bertz CT molecular complexity index is 344. The Hall–Kier alpha value is 1.76. The SMILES string of the molecule is O.O.O.O.O.O.O.O.O=S(=O)([O-])[O-].O=S(=O)([O-])[O-].O=S(=O)([O-])[O-].[Tm+3].[Tm+3]. The van der Waals surface area contributed by atoms with Gasteiger partial charge >= 0.3 is 73.7 Å². The molecule has 16 N–H and O–H groups in total. The number of rotatable bonds is 0. The quantitative estimate of drug-likeness (QED) is 0.164. The molecule has 0 fully saturated rings. The monoisotopic (exact) mass is 770 g/mol. The average molecular weight is 770 g/mol. The van der Waals surface area contributed by atoms with Gasteiger partial charge in [0.15, 0.2) is 0 Å². The molecule has 0 aromatic rings. The molecule has 0 aromatic carbocycles. The van der Waals surface area contributed by atoms with Crippen LogP contribution in [0.1, 0.15) is 0 Å². The average Bonchev–Trinajstić information content (AvgIpc) is 1.41. The van der Waals surface area contributed by atoms with E-state index in [4.69, 9.17) is 52.6 Å². The minimum Gasteiger partial charge on any atom is -0.759 e. The Morgan fingerprint density at radius 3 is 0.320 bits per heavy atom. The van der Waals surface area contributed by atoms with Gasteiger partial charge in [0.1, 0.15) is 0 Å². The first-order valence-corrected chi connectivity index (χ1v) is 6.00. The van der Waals surface area contributed by atoms with Crippen LogP contribution in [0.15, 0.2) is 0 Å². The van der Waals surface area contributed by atoms with Gasteiger partial charge in [-0.3, -0.25) is 25.3 Å². The maximum absolute atomic E-state index is 8.52. The van der Waals surface area contributed by atoms with Crippen molar-refractivity contribution in [1.82, 2.24) is 0 Å². The summed E-state index contributed by atoms with van der Waals surface area (Å²) in [6.07, 6.45) is 0. The van der Waals surface area contributed by atoms with Crippen molar-refractivity contribution >= 4 is 31.2 Å². The molecule has 0 amide bonds. The van der Waals surface area contributed by atoms with Crippen LogP contribution in [0.2, 0.25) is 0 Å². The first kappa shape index (κ1) is 93.8. The van der Waals surface area contributed by atoms with Gasteiger partial charge in [0.05, 0.1) is 0 Å². The van der Waals surface area contributed by atoms with E-state index >= 15 is 0 Å². The number of hydrogen-bond acceptors (Lipinski definition) is 12. The Morgan fingerprint density at radius 1 is 0.320 bits per heavy atom. The second-order valence-corrected chi connectivity index (χ2v) is 3.67. The van der Waals surface area contributed by atoms with E-state index in [1.165, 1.54) is 0 Å². The van der Waals surface area contributed by atoms with Crippen LogP contribution >= 0.6 is 0 Å². The van der Waals surface area contributed by atoms with Gasteiger partial charge in [-0.05, 0) is 0 Å².